The lowest BCUT2D eigenvalue weighted by Gasteiger charge is -2.16. The fraction of sp³-hybridized carbons (Fsp3) is 0.231. The van der Waals surface area contributed by atoms with E-state index in [1.807, 2.05) is 19.1 Å². The van der Waals surface area contributed by atoms with Crippen LogP contribution in [0.2, 0.25) is 10.0 Å². The number of hydrogen-bond donors (Lipinski definition) is 2. The highest BCUT2D eigenvalue weighted by Gasteiger charge is 2.14. The summed E-state index contributed by atoms with van der Waals surface area (Å²) in [5.74, 6) is 0.743. The van der Waals surface area contributed by atoms with Crippen LogP contribution in [0.15, 0.2) is 34.9 Å². The highest BCUT2D eigenvalue weighted by atomic mass is 35.5. The van der Waals surface area contributed by atoms with Crippen molar-refractivity contribution in [3.8, 4) is 5.75 Å². The van der Waals surface area contributed by atoms with E-state index in [2.05, 4.69) is 5.32 Å². The van der Waals surface area contributed by atoms with Gasteiger partial charge in [0.2, 0.25) is 0 Å². The van der Waals surface area contributed by atoms with E-state index in [-0.39, 0.29) is 21.8 Å². The molecule has 1 unspecified atom stereocenters. The molecule has 3 nitrogen and oxygen atoms in total. The second-order valence-electron chi connectivity index (χ2n) is 3.91. The Morgan fingerprint density at radius 1 is 1.33 bits per heavy atom. The Morgan fingerprint density at radius 3 is 2.50 bits per heavy atom. The van der Waals surface area contributed by atoms with Crippen molar-refractivity contribution in [1.29, 1.82) is 0 Å². The smallest absolute Gasteiger partial charge is 0.152 e. The van der Waals surface area contributed by atoms with Crippen molar-refractivity contribution in [2.75, 3.05) is 5.32 Å². The van der Waals surface area contributed by atoms with Crippen molar-refractivity contribution in [1.82, 2.24) is 0 Å². The maximum atomic E-state index is 9.50. The zero-order chi connectivity index (χ0) is 13.1. The summed E-state index contributed by atoms with van der Waals surface area (Å²) in [5, 5.41) is 13.2. The number of phenolic OH excluding ortho intramolecular Hbond substituents is 1. The van der Waals surface area contributed by atoms with Crippen LogP contribution in [0.3, 0.4) is 0 Å². The lowest BCUT2D eigenvalue weighted by atomic mass is 10.1. The number of aromatic hydroxyl groups is 1. The van der Waals surface area contributed by atoms with E-state index in [9.17, 15) is 5.11 Å². The van der Waals surface area contributed by atoms with E-state index >= 15 is 0 Å². The zero-order valence-corrected chi connectivity index (χ0v) is 11.3. The summed E-state index contributed by atoms with van der Waals surface area (Å²) < 4.78 is 5.37. The van der Waals surface area contributed by atoms with E-state index < -0.39 is 0 Å². The zero-order valence-electron chi connectivity index (χ0n) is 9.78. The van der Waals surface area contributed by atoms with Gasteiger partial charge in [0.15, 0.2) is 5.75 Å². The van der Waals surface area contributed by atoms with E-state index in [1.165, 1.54) is 0 Å². The number of nitrogens with one attached hydrogen (secondary N) is 1. The summed E-state index contributed by atoms with van der Waals surface area (Å²) in [7, 11) is 0. The summed E-state index contributed by atoms with van der Waals surface area (Å²) in [4.78, 5) is 0. The molecule has 2 aromatic rings. The second-order valence-corrected chi connectivity index (χ2v) is 4.72. The first-order chi connectivity index (χ1) is 8.61. The topological polar surface area (TPSA) is 45.4 Å². The predicted molar refractivity (Wildman–Crippen MR) is 73.5 cm³/mol. The molecule has 1 aromatic carbocycles. The van der Waals surface area contributed by atoms with Crippen LogP contribution in [0.4, 0.5) is 5.69 Å². The van der Waals surface area contributed by atoms with Crippen molar-refractivity contribution >= 4 is 28.9 Å². The van der Waals surface area contributed by atoms with Crippen LogP contribution >= 0.6 is 23.2 Å². The van der Waals surface area contributed by atoms with E-state index in [1.54, 1.807) is 18.4 Å². The number of halogens is 2. The fourth-order valence-electron chi connectivity index (χ4n) is 1.71. The van der Waals surface area contributed by atoms with E-state index in [4.69, 9.17) is 27.6 Å². The number of hydrogen-bond acceptors (Lipinski definition) is 3. The van der Waals surface area contributed by atoms with E-state index in [0.717, 1.165) is 17.9 Å². The Labute approximate surface area is 115 Å². The number of benzene rings is 1. The molecule has 1 atom stereocenters. The summed E-state index contributed by atoms with van der Waals surface area (Å²) in [6.07, 6.45) is 2.49. The Hall–Kier alpha value is -1.32. The molecule has 18 heavy (non-hydrogen) atoms. The SMILES string of the molecule is CCC(Nc1cc(Cl)c(O)c(Cl)c1)c1ccco1. The Morgan fingerprint density at radius 2 is 2.00 bits per heavy atom. The van der Waals surface area contributed by atoms with E-state index in [0.29, 0.717) is 0 Å². The number of rotatable bonds is 4. The molecule has 0 saturated carbocycles. The molecule has 0 fully saturated rings. The van der Waals surface area contributed by atoms with Crippen LogP contribution < -0.4 is 5.32 Å². The first-order valence-electron chi connectivity index (χ1n) is 5.59. The van der Waals surface area contributed by atoms with Gasteiger partial charge < -0.3 is 14.8 Å². The molecule has 5 heteroatoms. The van der Waals surface area contributed by atoms with Gasteiger partial charge in [-0.2, -0.15) is 0 Å². The third-order valence-electron chi connectivity index (χ3n) is 2.65. The van der Waals surface area contributed by atoms with Crippen molar-refractivity contribution < 1.29 is 9.52 Å². The molecule has 96 valence electrons. The Balaban J connectivity index is 2.23. The van der Waals surface area contributed by atoms with Gasteiger partial charge in [0.05, 0.1) is 22.4 Å². The summed E-state index contributed by atoms with van der Waals surface area (Å²) in [6, 6.07) is 7.06. The van der Waals surface area contributed by atoms with Gasteiger partial charge in [-0.1, -0.05) is 30.1 Å². The molecular formula is C13H13Cl2NO2. The first-order valence-corrected chi connectivity index (χ1v) is 6.35. The second kappa shape index (κ2) is 5.55. The van der Waals surface area contributed by atoms with Gasteiger partial charge in [0.1, 0.15) is 5.76 Å². The summed E-state index contributed by atoms with van der Waals surface area (Å²) in [6.45, 7) is 2.05. The first kappa shape index (κ1) is 13.1. The molecular weight excluding hydrogens is 273 g/mol. The molecule has 0 bridgehead atoms. The molecule has 2 rings (SSSR count). The Bertz CT molecular complexity index is 503. The highest BCUT2D eigenvalue weighted by molar-refractivity contribution is 6.37. The van der Waals surface area contributed by atoms with Crippen LogP contribution in [0.1, 0.15) is 25.1 Å². The third-order valence-corrected chi connectivity index (χ3v) is 3.23. The van der Waals surface area contributed by atoms with Gasteiger partial charge >= 0.3 is 0 Å². The van der Waals surface area contributed by atoms with Crippen LogP contribution in [0.5, 0.6) is 5.75 Å². The molecule has 1 heterocycles. The molecule has 0 saturated heterocycles. The molecule has 0 amide bonds. The van der Waals surface area contributed by atoms with Crippen LogP contribution in [-0.2, 0) is 0 Å². The standard InChI is InChI=1S/C13H13Cl2NO2/c1-2-11(12-4-3-5-18-12)16-8-6-9(14)13(17)10(15)7-8/h3-7,11,16-17H,2H2,1H3. The molecule has 1 aromatic heterocycles. The largest absolute Gasteiger partial charge is 0.505 e. The number of anilines is 1. The quantitative estimate of drug-likeness (QED) is 0.789. The summed E-state index contributed by atoms with van der Waals surface area (Å²) in [5.41, 5.74) is 0.742. The normalized spacial score (nSPS) is 12.4. The maximum Gasteiger partial charge on any atom is 0.152 e. The van der Waals surface area contributed by atoms with Crippen molar-refractivity contribution in [2.24, 2.45) is 0 Å². The van der Waals surface area contributed by atoms with Crippen LogP contribution in [0, 0.1) is 0 Å². The molecule has 0 aliphatic heterocycles. The van der Waals surface area contributed by atoms with Crippen molar-refractivity contribution in [3.63, 3.8) is 0 Å². The Kier molecular flexibility index (Phi) is 4.04. The third kappa shape index (κ3) is 2.74. The minimum absolute atomic E-state index is 0.0386. The minimum Gasteiger partial charge on any atom is -0.505 e. The highest BCUT2D eigenvalue weighted by Crippen LogP contribution is 2.36. The molecule has 2 N–H and O–H groups in total. The van der Waals surface area contributed by atoms with Gasteiger partial charge in [-0.15, -0.1) is 0 Å². The van der Waals surface area contributed by atoms with Gasteiger partial charge in [-0.25, -0.2) is 0 Å². The molecule has 0 aliphatic carbocycles. The minimum atomic E-state index is -0.102. The number of furan rings is 1. The monoisotopic (exact) mass is 285 g/mol. The van der Waals surface area contributed by atoms with Crippen LogP contribution in [0.25, 0.3) is 0 Å². The van der Waals surface area contributed by atoms with Crippen molar-refractivity contribution in [3.05, 3.63) is 46.3 Å². The average molecular weight is 286 g/mol. The number of phenols is 1. The summed E-state index contributed by atoms with van der Waals surface area (Å²) >= 11 is 11.7. The lowest BCUT2D eigenvalue weighted by molar-refractivity contribution is 0.472. The van der Waals surface area contributed by atoms with Gasteiger partial charge in [-0.3, -0.25) is 0 Å². The molecule has 0 radical (unpaired) electrons. The lowest BCUT2D eigenvalue weighted by Crippen LogP contribution is -2.08. The van der Waals surface area contributed by atoms with Crippen LogP contribution in [-0.4, -0.2) is 5.11 Å². The van der Waals surface area contributed by atoms with Gasteiger partial charge in [0, 0.05) is 5.69 Å². The molecule has 0 spiro atoms. The molecule has 0 aliphatic rings. The van der Waals surface area contributed by atoms with Gasteiger partial charge in [0.25, 0.3) is 0 Å². The van der Waals surface area contributed by atoms with Crippen molar-refractivity contribution in [2.45, 2.75) is 19.4 Å². The predicted octanol–water partition coefficient (Wildman–Crippen LogP) is 4.86. The fourth-order valence-corrected chi connectivity index (χ4v) is 2.20. The average Bonchev–Trinajstić information content (AvgIpc) is 2.86. The van der Waals surface area contributed by atoms with Gasteiger partial charge in [-0.05, 0) is 30.7 Å². The maximum absolute atomic E-state index is 9.50.